The van der Waals surface area contributed by atoms with Crippen LogP contribution in [-0.2, 0) is 20.2 Å². The van der Waals surface area contributed by atoms with Crippen molar-refractivity contribution < 1.29 is 4.74 Å². The second-order valence-electron chi connectivity index (χ2n) is 5.56. The fourth-order valence-corrected chi connectivity index (χ4v) is 2.10. The van der Waals surface area contributed by atoms with Gasteiger partial charge in [-0.05, 0) is 38.8 Å². The summed E-state index contributed by atoms with van der Waals surface area (Å²) < 4.78 is 7.83. The molecule has 1 fully saturated rings. The topological polar surface area (TPSA) is 64.9 Å². The van der Waals surface area contributed by atoms with Gasteiger partial charge in [0.2, 0.25) is 0 Å². The molecule has 112 valence electrons. The predicted molar refractivity (Wildman–Crippen MR) is 78.9 cm³/mol. The van der Waals surface area contributed by atoms with E-state index in [1.807, 2.05) is 37.6 Å². The number of hydrogen-bond acceptors (Lipinski definition) is 5. The van der Waals surface area contributed by atoms with E-state index in [0.717, 1.165) is 35.3 Å². The minimum atomic E-state index is 0.401. The van der Waals surface area contributed by atoms with Gasteiger partial charge in [0.15, 0.2) is 5.82 Å². The zero-order valence-corrected chi connectivity index (χ0v) is 12.8. The molecule has 2 aromatic heterocycles. The van der Waals surface area contributed by atoms with Gasteiger partial charge in [-0.3, -0.25) is 4.98 Å². The molecule has 0 radical (unpaired) electrons. The van der Waals surface area contributed by atoms with Gasteiger partial charge in [0.1, 0.15) is 18.2 Å². The number of hydrogen-bond donors (Lipinski definition) is 1. The first-order valence-electron chi connectivity index (χ1n) is 7.31. The summed E-state index contributed by atoms with van der Waals surface area (Å²) in [6, 6.07) is 4.61. The van der Waals surface area contributed by atoms with Crippen molar-refractivity contribution in [3.8, 4) is 5.75 Å². The standard InChI is InChI=1S/C15H21N5O/c1-10-4-7-14(13(17-10)8-16-12-5-6-12)21-9-15-19-18-11(2)20(15)3/h4,7,12,16H,5-6,8-9H2,1-3H3. The lowest BCUT2D eigenvalue weighted by Gasteiger charge is -2.12. The fraction of sp³-hybridized carbons (Fsp3) is 0.533. The molecule has 1 saturated carbocycles. The maximum Gasteiger partial charge on any atom is 0.170 e. The van der Waals surface area contributed by atoms with Gasteiger partial charge in [0.05, 0.1) is 5.69 Å². The molecule has 1 aliphatic rings. The summed E-state index contributed by atoms with van der Waals surface area (Å²) in [4.78, 5) is 4.58. The second kappa shape index (κ2) is 5.81. The van der Waals surface area contributed by atoms with Crippen molar-refractivity contribution in [2.45, 2.75) is 45.9 Å². The number of aromatic nitrogens is 4. The molecule has 2 heterocycles. The van der Waals surface area contributed by atoms with Crippen LogP contribution < -0.4 is 10.1 Å². The average molecular weight is 287 g/mol. The monoisotopic (exact) mass is 287 g/mol. The Hall–Kier alpha value is -1.95. The minimum Gasteiger partial charge on any atom is -0.484 e. The van der Waals surface area contributed by atoms with Gasteiger partial charge in [-0.25, -0.2) is 0 Å². The number of rotatable bonds is 6. The van der Waals surface area contributed by atoms with Crippen molar-refractivity contribution in [3.05, 3.63) is 35.2 Å². The normalized spacial score (nSPS) is 14.4. The zero-order chi connectivity index (χ0) is 14.8. The minimum absolute atomic E-state index is 0.401. The van der Waals surface area contributed by atoms with Crippen LogP contribution in [0.3, 0.4) is 0 Å². The van der Waals surface area contributed by atoms with Crippen molar-refractivity contribution >= 4 is 0 Å². The van der Waals surface area contributed by atoms with Gasteiger partial charge in [-0.2, -0.15) is 0 Å². The molecule has 0 unspecified atom stereocenters. The van der Waals surface area contributed by atoms with Crippen molar-refractivity contribution in [1.29, 1.82) is 0 Å². The number of pyridine rings is 1. The van der Waals surface area contributed by atoms with E-state index in [1.165, 1.54) is 12.8 Å². The van der Waals surface area contributed by atoms with Gasteiger partial charge in [-0.15, -0.1) is 10.2 Å². The summed E-state index contributed by atoms with van der Waals surface area (Å²) >= 11 is 0. The molecule has 0 aromatic carbocycles. The first-order chi connectivity index (χ1) is 10.1. The number of aryl methyl sites for hydroxylation is 2. The molecule has 3 rings (SSSR count). The molecule has 21 heavy (non-hydrogen) atoms. The second-order valence-corrected chi connectivity index (χ2v) is 5.56. The third-order valence-electron chi connectivity index (χ3n) is 3.75. The summed E-state index contributed by atoms with van der Waals surface area (Å²) in [5.74, 6) is 2.51. The van der Waals surface area contributed by atoms with Crippen molar-refractivity contribution in [2.75, 3.05) is 0 Å². The summed E-state index contributed by atoms with van der Waals surface area (Å²) in [6.45, 7) is 5.07. The Labute approximate surface area is 124 Å². The van der Waals surface area contributed by atoms with E-state index >= 15 is 0 Å². The summed E-state index contributed by atoms with van der Waals surface area (Å²) in [7, 11) is 1.94. The molecule has 6 nitrogen and oxygen atoms in total. The maximum absolute atomic E-state index is 5.90. The Balaban J connectivity index is 1.69. The lowest BCUT2D eigenvalue weighted by molar-refractivity contribution is 0.285. The van der Waals surface area contributed by atoms with E-state index in [4.69, 9.17) is 4.74 Å². The summed E-state index contributed by atoms with van der Waals surface area (Å²) in [6.07, 6.45) is 2.53. The van der Waals surface area contributed by atoms with Crippen molar-refractivity contribution in [3.63, 3.8) is 0 Å². The first kappa shape index (κ1) is 14.0. The number of ether oxygens (including phenoxy) is 1. The molecular formula is C15H21N5O. The highest BCUT2D eigenvalue weighted by molar-refractivity contribution is 5.29. The smallest absolute Gasteiger partial charge is 0.170 e. The van der Waals surface area contributed by atoms with Crippen LogP contribution in [0.5, 0.6) is 5.75 Å². The molecule has 0 saturated heterocycles. The van der Waals surface area contributed by atoms with Crippen LogP contribution in [0, 0.1) is 13.8 Å². The molecule has 1 N–H and O–H groups in total. The van der Waals surface area contributed by atoms with E-state index in [-0.39, 0.29) is 0 Å². The van der Waals surface area contributed by atoms with Crippen molar-refractivity contribution in [2.24, 2.45) is 7.05 Å². The highest BCUT2D eigenvalue weighted by Gasteiger charge is 2.21. The molecule has 6 heteroatoms. The molecule has 1 aliphatic carbocycles. The number of nitrogens with one attached hydrogen (secondary N) is 1. The van der Waals surface area contributed by atoms with Crippen LogP contribution in [-0.4, -0.2) is 25.8 Å². The predicted octanol–water partition coefficient (Wildman–Crippen LogP) is 1.66. The first-order valence-corrected chi connectivity index (χ1v) is 7.31. The van der Waals surface area contributed by atoms with E-state index in [2.05, 4.69) is 20.5 Å². The Kier molecular flexibility index (Phi) is 3.88. The van der Waals surface area contributed by atoms with Crippen LogP contribution in [0.15, 0.2) is 12.1 Å². The van der Waals surface area contributed by atoms with E-state index in [9.17, 15) is 0 Å². The van der Waals surface area contributed by atoms with E-state index in [0.29, 0.717) is 12.6 Å². The maximum atomic E-state index is 5.90. The molecule has 2 aromatic rings. The average Bonchev–Trinajstić information content (AvgIpc) is 3.24. The zero-order valence-electron chi connectivity index (χ0n) is 12.8. The summed E-state index contributed by atoms with van der Waals surface area (Å²) in [5, 5.41) is 11.6. The lowest BCUT2D eigenvalue weighted by atomic mass is 10.3. The van der Waals surface area contributed by atoms with Gasteiger partial charge < -0.3 is 14.6 Å². The molecule has 0 atom stereocenters. The van der Waals surface area contributed by atoms with Gasteiger partial charge in [0.25, 0.3) is 0 Å². The molecular weight excluding hydrogens is 266 g/mol. The fourth-order valence-electron chi connectivity index (χ4n) is 2.10. The Morgan fingerprint density at radius 2 is 2.10 bits per heavy atom. The molecule has 0 bridgehead atoms. The largest absolute Gasteiger partial charge is 0.484 e. The van der Waals surface area contributed by atoms with Gasteiger partial charge >= 0.3 is 0 Å². The lowest BCUT2D eigenvalue weighted by Crippen LogP contribution is -2.17. The van der Waals surface area contributed by atoms with Gasteiger partial charge in [-0.1, -0.05) is 0 Å². The number of nitrogens with zero attached hydrogens (tertiary/aromatic N) is 4. The van der Waals surface area contributed by atoms with Crippen LogP contribution in [0.1, 0.15) is 35.9 Å². The Morgan fingerprint density at radius 1 is 1.29 bits per heavy atom. The SMILES string of the molecule is Cc1ccc(OCc2nnc(C)n2C)c(CNC2CC2)n1. The van der Waals surface area contributed by atoms with Crippen LogP contribution >= 0.6 is 0 Å². The van der Waals surface area contributed by atoms with Crippen LogP contribution in [0.25, 0.3) is 0 Å². The van der Waals surface area contributed by atoms with Crippen LogP contribution in [0.2, 0.25) is 0 Å². The molecule has 0 amide bonds. The third-order valence-corrected chi connectivity index (χ3v) is 3.75. The van der Waals surface area contributed by atoms with Crippen molar-refractivity contribution in [1.82, 2.24) is 25.1 Å². The van der Waals surface area contributed by atoms with Crippen LogP contribution in [0.4, 0.5) is 0 Å². The molecule has 0 aliphatic heterocycles. The van der Waals surface area contributed by atoms with Gasteiger partial charge in [0, 0.05) is 25.3 Å². The quantitative estimate of drug-likeness (QED) is 0.875. The van der Waals surface area contributed by atoms with E-state index in [1.54, 1.807) is 0 Å². The highest BCUT2D eigenvalue weighted by atomic mass is 16.5. The highest BCUT2D eigenvalue weighted by Crippen LogP contribution is 2.22. The van der Waals surface area contributed by atoms with E-state index < -0.39 is 0 Å². The third kappa shape index (κ3) is 3.39. The Bertz CT molecular complexity index is 633. The summed E-state index contributed by atoms with van der Waals surface area (Å²) in [5.41, 5.74) is 1.96. The molecule has 0 spiro atoms. The Morgan fingerprint density at radius 3 is 2.76 bits per heavy atom.